The average Bonchev–Trinajstić information content (AvgIpc) is 2.53. The summed E-state index contributed by atoms with van der Waals surface area (Å²) in [5, 5.41) is 14.6. The summed E-state index contributed by atoms with van der Waals surface area (Å²) in [4.78, 5) is 23.7. The van der Waals surface area contributed by atoms with E-state index < -0.39 is 24.0 Å². The first-order chi connectivity index (χ1) is 11.4. The molecule has 2 atom stereocenters. The SMILES string of the molecule is CC(C)C[C@@H](O)C(=O)N[C@H](Cc1ccc2ccccc2c1)C(N)=O. The number of benzene rings is 2. The molecule has 0 aliphatic carbocycles. The fourth-order valence-electron chi connectivity index (χ4n) is 2.65. The van der Waals surface area contributed by atoms with Crippen molar-refractivity contribution in [3.05, 3.63) is 48.0 Å². The molecule has 2 aromatic rings. The summed E-state index contributed by atoms with van der Waals surface area (Å²) >= 11 is 0. The van der Waals surface area contributed by atoms with Crippen LogP contribution in [0.15, 0.2) is 42.5 Å². The molecule has 4 N–H and O–H groups in total. The normalized spacial score (nSPS) is 13.7. The average molecular weight is 328 g/mol. The van der Waals surface area contributed by atoms with E-state index in [0.717, 1.165) is 16.3 Å². The molecule has 0 spiro atoms. The second-order valence-electron chi connectivity index (χ2n) is 6.49. The van der Waals surface area contributed by atoms with Crippen molar-refractivity contribution in [2.75, 3.05) is 0 Å². The van der Waals surface area contributed by atoms with E-state index in [1.165, 1.54) is 0 Å². The Morgan fingerprint density at radius 3 is 2.42 bits per heavy atom. The Labute approximate surface area is 141 Å². The standard InChI is InChI=1S/C19H24N2O3/c1-12(2)9-17(22)19(24)21-16(18(20)23)11-13-7-8-14-5-3-4-6-15(14)10-13/h3-8,10,12,16-17,22H,9,11H2,1-2H3,(H2,20,23)(H,21,24)/t16-,17-/m1/s1. The van der Waals surface area contributed by atoms with Crippen molar-refractivity contribution >= 4 is 22.6 Å². The summed E-state index contributed by atoms with van der Waals surface area (Å²) in [5.74, 6) is -1.00. The van der Waals surface area contributed by atoms with Crippen LogP contribution in [0.25, 0.3) is 10.8 Å². The van der Waals surface area contributed by atoms with Gasteiger partial charge in [-0.25, -0.2) is 0 Å². The van der Waals surface area contributed by atoms with Crippen LogP contribution in [0.2, 0.25) is 0 Å². The van der Waals surface area contributed by atoms with Crippen LogP contribution in [0.5, 0.6) is 0 Å². The fourth-order valence-corrected chi connectivity index (χ4v) is 2.65. The van der Waals surface area contributed by atoms with Crippen molar-refractivity contribution in [2.24, 2.45) is 11.7 Å². The van der Waals surface area contributed by atoms with Crippen molar-refractivity contribution in [1.82, 2.24) is 5.32 Å². The molecule has 0 bridgehead atoms. The zero-order chi connectivity index (χ0) is 17.7. The van der Waals surface area contributed by atoms with Gasteiger partial charge in [0.1, 0.15) is 12.1 Å². The number of amides is 2. The topological polar surface area (TPSA) is 92.4 Å². The van der Waals surface area contributed by atoms with Crippen molar-refractivity contribution < 1.29 is 14.7 Å². The highest BCUT2D eigenvalue weighted by atomic mass is 16.3. The molecule has 24 heavy (non-hydrogen) atoms. The number of rotatable bonds is 7. The quantitative estimate of drug-likeness (QED) is 0.723. The van der Waals surface area contributed by atoms with Gasteiger partial charge in [-0.1, -0.05) is 56.3 Å². The molecule has 0 unspecified atom stereocenters. The molecule has 0 aromatic heterocycles. The molecule has 0 saturated heterocycles. The van der Waals surface area contributed by atoms with E-state index in [1.807, 2.05) is 56.3 Å². The van der Waals surface area contributed by atoms with Gasteiger partial charge < -0.3 is 16.2 Å². The number of aliphatic hydroxyl groups is 1. The summed E-state index contributed by atoms with van der Waals surface area (Å²) < 4.78 is 0. The Morgan fingerprint density at radius 2 is 1.79 bits per heavy atom. The number of carbonyl (C=O) groups excluding carboxylic acids is 2. The van der Waals surface area contributed by atoms with Gasteiger partial charge in [-0.05, 0) is 28.7 Å². The molecule has 5 heteroatoms. The summed E-state index contributed by atoms with van der Waals surface area (Å²) in [6.45, 7) is 3.83. The van der Waals surface area contributed by atoms with Crippen LogP contribution >= 0.6 is 0 Å². The number of hydrogen-bond donors (Lipinski definition) is 3. The van der Waals surface area contributed by atoms with Gasteiger partial charge in [0.2, 0.25) is 11.8 Å². The second-order valence-corrected chi connectivity index (χ2v) is 6.49. The minimum atomic E-state index is -1.14. The third kappa shape index (κ3) is 4.80. The van der Waals surface area contributed by atoms with Crippen LogP contribution in [0.4, 0.5) is 0 Å². The summed E-state index contributed by atoms with van der Waals surface area (Å²) in [5.41, 5.74) is 6.31. The Hall–Kier alpha value is -2.40. The zero-order valence-electron chi connectivity index (χ0n) is 14.0. The summed E-state index contributed by atoms with van der Waals surface area (Å²) in [6, 6.07) is 12.9. The van der Waals surface area contributed by atoms with E-state index in [1.54, 1.807) is 0 Å². The van der Waals surface area contributed by atoms with E-state index in [4.69, 9.17) is 5.73 Å². The maximum Gasteiger partial charge on any atom is 0.249 e. The Balaban J connectivity index is 2.09. The maximum atomic E-state index is 12.0. The van der Waals surface area contributed by atoms with Gasteiger partial charge in [0.15, 0.2) is 0 Å². The van der Waals surface area contributed by atoms with Crippen LogP contribution in [0, 0.1) is 5.92 Å². The van der Waals surface area contributed by atoms with E-state index >= 15 is 0 Å². The minimum Gasteiger partial charge on any atom is -0.383 e. The molecule has 0 saturated carbocycles. The highest BCUT2D eigenvalue weighted by molar-refractivity contribution is 5.89. The number of aliphatic hydroxyl groups excluding tert-OH is 1. The summed E-state index contributed by atoms with van der Waals surface area (Å²) in [6.07, 6.45) is -0.503. The highest BCUT2D eigenvalue weighted by Gasteiger charge is 2.23. The number of nitrogens with one attached hydrogen (secondary N) is 1. The van der Waals surface area contributed by atoms with Crippen LogP contribution in [0.3, 0.4) is 0 Å². The van der Waals surface area contributed by atoms with Gasteiger partial charge in [0, 0.05) is 6.42 Å². The number of hydrogen-bond acceptors (Lipinski definition) is 3. The molecule has 0 aliphatic heterocycles. The molecule has 0 fully saturated rings. The molecule has 0 radical (unpaired) electrons. The predicted molar refractivity (Wildman–Crippen MR) is 94.2 cm³/mol. The van der Waals surface area contributed by atoms with E-state index in [0.29, 0.717) is 12.8 Å². The van der Waals surface area contributed by atoms with Crippen LogP contribution in [0.1, 0.15) is 25.8 Å². The predicted octanol–water partition coefficient (Wildman–Crippen LogP) is 1.76. The van der Waals surface area contributed by atoms with Crippen molar-refractivity contribution in [2.45, 2.75) is 38.8 Å². The molecule has 2 aromatic carbocycles. The Morgan fingerprint density at radius 1 is 1.12 bits per heavy atom. The fraction of sp³-hybridized carbons (Fsp3) is 0.368. The molecule has 2 amide bonds. The molecule has 0 heterocycles. The van der Waals surface area contributed by atoms with Crippen LogP contribution in [-0.2, 0) is 16.0 Å². The smallest absolute Gasteiger partial charge is 0.249 e. The van der Waals surface area contributed by atoms with Crippen molar-refractivity contribution in [3.63, 3.8) is 0 Å². The van der Waals surface area contributed by atoms with E-state index in [2.05, 4.69) is 5.32 Å². The first-order valence-electron chi connectivity index (χ1n) is 8.12. The van der Waals surface area contributed by atoms with E-state index in [9.17, 15) is 14.7 Å². The van der Waals surface area contributed by atoms with Gasteiger partial charge in [-0.15, -0.1) is 0 Å². The molecular formula is C19H24N2O3. The monoisotopic (exact) mass is 328 g/mol. The Bertz CT molecular complexity index is 727. The van der Waals surface area contributed by atoms with Crippen molar-refractivity contribution in [3.8, 4) is 0 Å². The molecule has 5 nitrogen and oxygen atoms in total. The first kappa shape index (κ1) is 17.9. The lowest BCUT2D eigenvalue weighted by Gasteiger charge is -2.19. The second kappa shape index (κ2) is 7.93. The lowest BCUT2D eigenvalue weighted by atomic mass is 10.0. The molecule has 0 aliphatic rings. The number of nitrogens with two attached hydrogens (primary N) is 1. The summed E-state index contributed by atoms with van der Waals surface area (Å²) in [7, 11) is 0. The third-order valence-electron chi connectivity index (χ3n) is 3.91. The third-order valence-corrected chi connectivity index (χ3v) is 3.91. The van der Waals surface area contributed by atoms with Gasteiger partial charge >= 0.3 is 0 Å². The van der Waals surface area contributed by atoms with Gasteiger partial charge in [-0.2, -0.15) is 0 Å². The number of primary amides is 1. The van der Waals surface area contributed by atoms with Crippen molar-refractivity contribution in [1.29, 1.82) is 0 Å². The van der Waals surface area contributed by atoms with Crippen LogP contribution in [-0.4, -0.2) is 29.1 Å². The molecule has 2 rings (SSSR count). The highest BCUT2D eigenvalue weighted by Crippen LogP contribution is 2.17. The maximum absolute atomic E-state index is 12.0. The molecular weight excluding hydrogens is 304 g/mol. The van der Waals surface area contributed by atoms with Gasteiger partial charge in [0.25, 0.3) is 0 Å². The van der Waals surface area contributed by atoms with Gasteiger partial charge in [0.05, 0.1) is 0 Å². The Kier molecular flexibility index (Phi) is 5.93. The number of fused-ring (bicyclic) bond motifs is 1. The lowest BCUT2D eigenvalue weighted by Crippen LogP contribution is -2.49. The van der Waals surface area contributed by atoms with Gasteiger partial charge in [-0.3, -0.25) is 9.59 Å². The molecule has 128 valence electrons. The van der Waals surface area contributed by atoms with Crippen LogP contribution < -0.4 is 11.1 Å². The first-order valence-corrected chi connectivity index (χ1v) is 8.12. The van der Waals surface area contributed by atoms with E-state index in [-0.39, 0.29) is 5.92 Å². The number of carbonyl (C=O) groups is 2. The lowest BCUT2D eigenvalue weighted by molar-refractivity contribution is -0.133. The largest absolute Gasteiger partial charge is 0.383 e. The minimum absolute atomic E-state index is 0.179. The zero-order valence-corrected chi connectivity index (χ0v) is 14.0.